The monoisotopic (exact) mass is 346 g/mol. The van der Waals surface area contributed by atoms with Crippen molar-refractivity contribution in [1.82, 2.24) is 14.5 Å². The topological polar surface area (TPSA) is 42.7 Å². The third-order valence-corrected chi connectivity index (χ3v) is 5.23. The molecule has 1 aliphatic heterocycles. The van der Waals surface area contributed by atoms with Crippen LogP contribution in [-0.4, -0.2) is 14.5 Å². The van der Waals surface area contributed by atoms with Gasteiger partial charge in [-0.1, -0.05) is 60.1 Å². The standard InChI is InChI=1S/C20H15ClN4/c1-20(14-8-3-2-4-9-14)16-11-13-7-5-6-10-15(13)25(16)19-17(24-20)18(21)22-12-23-19/h2-12,24H,1H3. The Balaban J connectivity index is 1.92. The second-order valence-corrected chi connectivity index (χ2v) is 6.76. The number of benzene rings is 2. The van der Waals surface area contributed by atoms with Crippen molar-refractivity contribution >= 4 is 28.2 Å². The summed E-state index contributed by atoms with van der Waals surface area (Å²) in [5.74, 6) is 0.782. The van der Waals surface area contributed by atoms with Crippen LogP contribution in [-0.2, 0) is 5.54 Å². The lowest BCUT2D eigenvalue weighted by Gasteiger charge is -2.38. The molecule has 0 bridgehead atoms. The number of rotatable bonds is 1. The molecule has 0 aliphatic carbocycles. The third-order valence-electron chi connectivity index (χ3n) is 4.94. The molecule has 25 heavy (non-hydrogen) atoms. The molecule has 0 saturated carbocycles. The average Bonchev–Trinajstić information content (AvgIpc) is 3.05. The Labute approximate surface area is 150 Å². The lowest BCUT2D eigenvalue weighted by atomic mass is 9.87. The number of nitrogens with zero attached hydrogens (tertiary/aromatic N) is 3. The van der Waals surface area contributed by atoms with Crippen LogP contribution in [0, 0.1) is 0 Å². The van der Waals surface area contributed by atoms with E-state index in [0.29, 0.717) is 5.15 Å². The zero-order valence-corrected chi connectivity index (χ0v) is 14.3. The van der Waals surface area contributed by atoms with Crippen molar-refractivity contribution in [1.29, 1.82) is 0 Å². The van der Waals surface area contributed by atoms with Crippen molar-refractivity contribution in [3.63, 3.8) is 0 Å². The number of hydrogen-bond acceptors (Lipinski definition) is 3. The molecular formula is C20H15ClN4. The molecule has 1 atom stereocenters. The van der Waals surface area contributed by atoms with Gasteiger partial charge in [0.05, 0.1) is 11.2 Å². The van der Waals surface area contributed by atoms with Gasteiger partial charge in [-0.3, -0.25) is 4.57 Å². The Morgan fingerprint density at radius 3 is 2.60 bits per heavy atom. The maximum atomic E-state index is 6.41. The van der Waals surface area contributed by atoms with Crippen molar-refractivity contribution in [2.75, 3.05) is 5.32 Å². The van der Waals surface area contributed by atoms with Crippen molar-refractivity contribution < 1.29 is 0 Å². The Kier molecular flexibility index (Phi) is 2.94. The van der Waals surface area contributed by atoms with Gasteiger partial charge < -0.3 is 5.32 Å². The average molecular weight is 347 g/mol. The lowest BCUT2D eigenvalue weighted by molar-refractivity contribution is 0.601. The number of fused-ring (bicyclic) bond motifs is 5. The van der Waals surface area contributed by atoms with E-state index in [1.807, 2.05) is 24.3 Å². The van der Waals surface area contributed by atoms with Crippen molar-refractivity contribution in [2.45, 2.75) is 12.5 Å². The van der Waals surface area contributed by atoms with E-state index in [1.165, 1.54) is 11.7 Å². The van der Waals surface area contributed by atoms with Gasteiger partial charge in [0, 0.05) is 5.39 Å². The highest BCUT2D eigenvalue weighted by Crippen LogP contribution is 2.44. The molecule has 2 aromatic carbocycles. The molecule has 3 heterocycles. The first-order chi connectivity index (χ1) is 12.2. The van der Waals surface area contributed by atoms with Gasteiger partial charge in [0.1, 0.15) is 17.6 Å². The van der Waals surface area contributed by atoms with E-state index in [1.54, 1.807) is 0 Å². The number of nitrogens with one attached hydrogen (secondary N) is 1. The van der Waals surface area contributed by atoms with Gasteiger partial charge >= 0.3 is 0 Å². The second kappa shape index (κ2) is 5.07. The Morgan fingerprint density at radius 1 is 1.00 bits per heavy atom. The summed E-state index contributed by atoms with van der Waals surface area (Å²) in [6.07, 6.45) is 1.51. The molecule has 1 N–H and O–H groups in total. The van der Waals surface area contributed by atoms with Gasteiger partial charge in [-0.25, -0.2) is 9.97 Å². The van der Waals surface area contributed by atoms with Crippen LogP contribution in [0.5, 0.6) is 0 Å². The zero-order chi connectivity index (χ0) is 17.0. The molecule has 2 aromatic heterocycles. The summed E-state index contributed by atoms with van der Waals surface area (Å²) >= 11 is 6.41. The van der Waals surface area contributed by atoms with E-state index in [2.05, 4.69) is 63.2 Å². The number of hydrogen-bond donors (Lipinski definition) is 1. The van der Waals surface area contributed by atoms with Crippen LogP contribution in [0.3, 0.4) is 0 Å². The number of para-hydroxylation sites is 1. The quantitative estimate of drug-likeness (QED) is 0.505. The minimum atomic E-state index is -0.443. The predicted octanol–water partition coefficient (Wildman–Crippen LogP) is 4.76. The smallest absolute Gasteiger partial charge is 0.165 e. The van der Waals surface area contributed by atoms with Crippen LogP contribution in [0.4, 0.5) is 5.69 Å². The summed E-state index contributed by atoms with van der Waals surface area (Å²) in [5.41, 5.74) is 3.70. The fraction of sp³-hybridized carbons (Fsp3) is 0.100. The van der Waals surface area contributed by atoms with Gasteiger partial charge in [-0.05, 0) is 24.6 Å². The first-order valence-electron chi connectivity index (χ1n) is 8.14. The lowest BCUT2D eigenvalue weighted by Crippen LogP contribution is -2.39. The number of aromatic nitrogens is 3. The molecule has 5 heteroatoms. The SMILES string of the molecule is CC1(c2ccccc2)Nc2c(Cl)ncnc2-n2c1cc1ccccc12. The fourth-order valence-electron chi connectivity index (χ4n) is 3.69. The van der Waals surface area contributed by atoms with Crippen molar-refractivity contribution in [3.05, 3.63) is 83.4 Å². The summed E-state index contributed by atoms with van der Waals surface area (Å²) in [7, 11) is 0. The molecule has 0 radical (unpaired) electrons. The molecule has 0 fully saturated rings. The third kappa shape index (κ3) is 1.94. The number of halogens is 1. The Hall–Kier alpha value is -2.85. The van der Waals surface area contributed by atoms with E-state index >= 15 is 0 Å². The number of anilines is 1. The molecule has 122 valence electrons. The maximum absolute atomic E-state index is 6.41. The van der Waals surface area contributed by atoms with Gasteiger partial charge in [0.2, 0.25) is 0 Å². The second-order valence-electron chi connectivity index (χ2n) is 6.40. The molecule has 0 amide bonds. The first kappa shape index (κ1) is 14.5. The predicted molar refractivity (Wildman–Crippen MR) is 100 cm³/mol. The highest BCUT2D eigenvalue weighted by Gasteiger charge is 2.39. The van der Waals surface area contributed by atoms with E-state index in [9.17, 15) is 0 Å². The van der Waals surface area contributed by atoms with Crippen LogP contribution in [0.1, 0.15) is 18.2 Å². The maximum Gasteiger partial charge on any atom is 0.165 e. The van der Waals surface area contributed by atoms with E-state index in [-0.39, 0.29) is 0 Å². The molecule has 4 aromatic rings. The molecule has 0 saturated heterocycles. The van der Waals surface area contributed by atoms with Crippen LogP contribution in [0.25, 0.3) is 16.7 Å². The zero-order valence-electron chi connectivity index (χ0n) is 13.6. The van der Waals surface area contributed by atoms with Crippen LogP contribution >= 0.6 is 11.6 Å². The van der Waals surface area contributed by atoms with Gasteiger partial charge in [-0.15, -0.1) is 0 Å². The molecule has 1 unspecified atom stereocenters. The van der Waals surface area contributed by atoms with E-state index in [4.69, 9.17) is 11.6 Å². The summed E-state index contributed by atoms with van der Waals surface area (Å²) in [6, 6.07) is 20.9. The first-order valence-corrected chi connectivity index (χ1v) is 8.52. The highest BCUT2D eigenvalue weighted by atomic mass is 35.5. The minimum absolute atomic E-state index is 0.426. The van der Waals surface area contributed by atoms with Crippen LogP contribution in [0.2, 0.25) is 5.15 Å². The molecule has 0 spiro atoms. The Bertz CT molecular complexity index is 1100. The van der Waals surface area contributed by atoms with Crippen molar-refractivity contribution in [3.8, 4) is 5.82 Å². The van der Waals surface area contributed by atoms with Gasteiger partial charge in [-0.2, -0.15) is 0 Å². The molecular weight excluding hydrogens is 332 g/mol. The largest absolute Gasteiger partial charge is 0.365 e. The van der Waals surface area contributed by atoms with Crippen LogP contribution < -0.4 is 5.32 Å². The van der Waals surface area contributed by atoms with Crippen molar-refractivity contribution in [2.24, 2.45) is 0 Å². The molecule has 1 aliphatic rings. The normalized spacial score (nSPS) is 18.5. The molecule has 5 rings (SSSR count). The summed E-state index contributed by atoms with van der Waals surface area (Å²) < 4.78 is 2.18. The van der Waals surface area contributed by atoms with E-state index in [0.717, 1.165) is 28.3 Å². The highest BCUT2D eigenvalue weighted by molar-refractivity contribution is 6.32. The summed E-state index contributed by atoms with van der Waals surface area (Å²) in [4.78, 5) is 8.68. The van der Waals surface area contributed by atoms with E-state index < -0.39 is 5.54 Å². The summed E-state index contributed by atoms with van der Waals surface area (Å²) in [5, 5.41) is 5.19. The molecule has 4 nitrogen and oxygen atoms in total. The van der Waals surface area contributed by atoms with Gasteiger partial charge in [0.15, 0.2) is 11.0 Å². The van der Waals surface area contributed by atoms with Crippen LogP contribution in [0.15, 0.2) is 67.0 Å². The summed E-state index contributed by atoms with van der Waals surface area (Å²) in [6.45, 7) is 2.17. The minimum Gasteiger partial charge on any atom is -0.365 e. The van der Waals surface area contributed by atoms with Gasteiger partial charge in [0.25, 0.3) is 0 Å². The Morgan fingerprint density at radius 2 is 1.76 bits per heavy atom. The fourth-order valence-corrected chi connectivity index (χ4v) is 3.86.